The Kier molecular flexibility index (Phi) is 4.09. The van der Waals surface area contributed by atoms with Crippen molar-refractivity contribution in [3.63, 3.8) is 0 Å². The number of anilines is 2. The fourth-order valence-corrected chi connectivity index (χ4v) is 1.75. The molecule has 0 atom stereocenters. The number of hydrogen-bond acceptors (Lipinski definition) is 3. The largest absolute Gasteiger partial charge is 0.478 e. The summed E-state index contributed by atoms with van der Waals surface area (Å²) in [6, 6.07) is 7.45. The fraction of sp³-hybridized carbons (Fsp3) is 0. The van der Waals surface area contributed by atoms with Crippen LogP contribution in [0.5, 0.6) is 0 Å². The summed E-state index contributed by atoms with van der Waals surface area (Å²) < 4.78 is 13.7. The molecule has 0 saturated heterocycles. The van der Waals surface area contributed by atoms with Gasteiger partial charge in [0.15, 0.2) is 0 Å². The number of amides is 1. The summed E-state index contributed by atoms with van der Waals surface area (Å²) >= 11 is 5.75. The maximum Gasteiger partial charge on any atom is 0.335 e. The Bertz CT molecular complexity index is 734. The summed E-state index contributed by atoms with van der Waals surface area (Å²) in [5, 5.41) is 11.4. The zero-order chi connectivity index (χ0) is 15.6. The van der Waals surface area contributed by atoms with Crippen LogP contribution in [0.2, 0.25) is 5.02 Å². The molecular weight excluding hydrogens is 299 g/mol. The van der Waals surface area contributed by atoms with Gasteiger partial charge in [0.05, 0.1) is 22.0 Å². The zero-order valence-electron chi connectivity index (χ0n) is 10.6. The van der Waals surface area contributed by atoms with Gasteiger partial charge in [-0.1, -0.05) is 11.6 Å². The van der Waals surface area contributed by atoms with E-state index < -0.39 is 17.7 Å². The minimum atomic E-state index is -1.25. The highest BCUT2D eigenvalue weighted by atomic mass is 35.5. The van der Waals surface area contributed by atoms with Crippen LogP contribution in [0.1, 0.15) is 20.7 Å². The molecule has 21 heavy (non-hydrogen) atoms. The summed E-state index contributed by atoms with van der Waals surface area (Å²) in [5.74, 6) is -2.68. The van der Waals surface area contributed by atoms with Crippen LogP contribution in [0.3, 0.4) is 0 Å². The molecule has 5 nitrogen and oxygen atoms in total. The molecule has 2 aromatic carbocycles. The minimum Gasteiger partial charge on any atom is -0.478 e. The van der Waals surface area contributed by atoms with Crippen LogP contribution in [0, 0.1) is 5.82 Å². The average molecular weight is 309 g/mol. The summed E-state index contributed by atoms with van der Waals surface area (Å²) in [6.07, 6.45) is 0. The number of benzene rings is 2. The molecule has 2 rings (SSSR count). The van der Waals surface area contributed by atoms with E-state index in [0.717, 1.165) is 6.07 Å². The van der Waals surface area contributed by atoms with E-state index >= 15 is 0 Å². The minimum absolute atomic E-state index is 0.126. The predicted octanol–water partition coefficient (Wildman–Crippen LogP) is 3.01. The zero-order valence-corrected chi connectivity index (χ0v) is 11.3. The van der Waals surface area contributed by atoms with Gasteiger partial charge in [-0.05, 0) is 36.4 Å². The molecule has 0 radical (unpaired) electrons. The van der Waals surface area contributed by atoms with E-state index in [-0.39, 0.29) is 22.5 Å². The predicted molar refractivity (Wildman–Crippen MR) is 77.2 cm³/mol. The number of carboxylic acid groups (broad SMARTS) is 1. The second kappa shape index (κ2) is 5.80. The van der Waals surface area contributed by atoms with Crippen molar-refractivity contribution in [3.8, 4) is 0 Å². The van der Waals surface area contributed by atoms with Gasteiger partial charge in [-0.2, -0.15) is 0 Å². The van der Waals surface area contributed by atoms with E-state index in [1.165, 1.54) is 30.3 Å². The number of carbonyl (C=O) groups excluding carboxylic acids is 1. The van der Waals surface area contributed by atoms with Crippen LogP contribution in [0.4, 0.5) is 15.8 Å². The Hall–Kier alpha value is -2.60. The van der Waals surface area contributed by atoms with E-state index in [2.05, 4.69) is 5.32 Å². The smallest absolute Gasteiger partial charge is 0.335 e. The molecule has 0 aliphatic carbocycles. The Labute approximate surface area is 124 Å². The van der Waals surface area contributed by atoms with Gasteiger partial charge in [-0.25, -0.2) is 9.18 Å². The van der Waals surface area contributed by atoms with Crippen molar-refractivity contribution in [2.45, 2.75) is 0 Å². The molecule has 0 spiro atoms. The first kappa shape index (κ1) is 14.8. The lowest BCUT2D eigenvalue weighted by Gasteiger charge is -2.08. The molecule has 0 aromatic heterocycles. The SMILES string of the molecule is Nc1cc(C(=O)Nc2ccc(C(=O)O)cc2F)ccc1Cl. The lowest BCUT2D eigenvalue weighted by atomic mass is 10.1. The van der Waals surface area contributed by atoms with E-state index in [4.69, 9.17) is 22.4 Å². The second-order valence-electron chi connectivity index (χ2n) is 4.19. The number of nitrogens with two attached hydrogens (primary N) is 1. The molecule has 108 valence electrons. The van der Waals surface area contributed by atoms with Crippen LogP contribution in [0.25, 0.3) is 0 Å². The molecule has 1 amide bonds. The number of carbonyl (C=O) groups is 2. The standard InChI is InChI=1S/C14H10ClFN2O3/c15-9-3-1-7(6-11(9)17)13(19)18-12-4-2-8(14(20)21)5-10(12)16/h1-6H,17H2,(H,18,19)(H,20,21). The first-order chi connectivity index (χ1) is 9.88. The Morgan fingerprint density at radius 2 is 1.81 bits per heavy atom. The molecule has 0 aliphatic rings. The second-order valence-corrected chi connectivity index (χ2v) is 4.60. The molecule has 0 heterocycles. The summed E-state index contributed by atoms with van der Waals surface area (Å²) in [4.78, 5) is 22.7. The normalized spacial score (nSPS) is 10.2. The third-order valence-electron chi connectivity index (χ3n) is 2.72. The number of rotatable bonds is 3. The number of halogens is 2. The van der Waals surface area contributed by atoms with Gasteiger partial charge in [-0.15, -0.1) is 0 Å². The highest BCUT2D eigenvalue weighted by molar-refractivity contribution is 6.33. The molecule has 0 saturated carbocycles. The Morgan fingerprint density at radius 1 is 1.14 bits per heavy atom. The molecule has 2 aromatic rings. The van der Waals surface area contributed by atoms with Crippen molar-refractivity contribution < 1.29 is 19.1 Å². The lowest BCUT2D eigenvalue weighted by Crippen LogP contribution is -2.13. The van der Waals surface area contributed by atoms with Crippen molar-refractivity contribution in [3.05, 3.63) is 58.4 Å². The van der Waals surface area contributed by atoms with E-state index in [0.29, 0.717) is 5.02 Å². The van der Waals surface area contributed by atoms with Gasteiger partial charge in [0.1, 0.15) is 5.82 Å². The van der Waals surface area contributed by atoms with Crippen molar-refractivity contribution in [2.24, 2.45) is 0 Å². The third-order valence-corrected chi connectivity index (χ3v) is 3.07. The summed E-state index contributed by atoms with van der Waals surface area (Å²) in [5.41, 5.74) is 5.68. The van der Waals surface area contributed by atoms with Crippen molar-refractivity contribution in [2.75, 3.05) is 11.1 Å². The van der Waals surface area contributed by atoms with Gasteiger partial charge in [0.2, 0.25) is 0 Å². The lowest BCUT2D eigenvalue weighted by molar-refractivity contribution is 0.0696. The van der Waals surface area contributed by atoms with Crippen molar-refractivity contribution >= 4 is 34.9 Å². The van der Waals surface area contributed by atoms with Crippen molar-refractivity contribution in [1.29, 1.82) is 0 Å². The molecule has 7 heteroatoms. The van der Waals surface area contributed by atoms with Gasteiger partial charge in [-0.3, -0.25) is 4.79 Å². The molecule has 0 bridgehead atoms. The number of carboxylic acids is 1. The molecular formula is C14H10ClFN2O3. The quantitative estimate of drug-likeness (QED) is 0.760. The van der Waals surface area contributed by atoms with Gasteiger partial charge < -0.3 is 16.2 Å². The Balaban J connectivity index is 2.23. The maximum atomic E-state index is 13.7. The van der Waals surface area contributed by atoms with Gasteiger partial charge in [0.25, 0.3) is 5.91 Å². The van der Waals surface area contributed by atoms with Gasteiger partial charge >= 0.3 is 5.97 Å². The number of nitrogen functional groups attached to an aromatic ring is 1. The van der Waals surface area contributed by atoms with Gasteiger partial charge in [0, 0.05) is 5.56 Å². The van der Waals surface area contributed by atoms with Crippen LogP contribution < -0.4 is 11.1 Å². The van der Waals surface area contributed by atoms with Crippen molar-refractivity contribution in [1.82, 2.24) is 0 Å². The maximum absolute atomic E-state index is 13.7. The van der Waals surface area contributed by atoms with Crippen LogP contribution in [-0.2, 0) is 0 Å². The monoisotopic (exact) mass is 308 g/mol. The first-order valence-corrected chi connectivity index (χ1v) is 6.15. The third kappa shape index (κ3) is 3.29. The molecule has 0 unspecified atom stereocenters. The number of hydrogen-bond donors (Lipinski definition) is 3. The highest BCUT2D eigenvalue weighted by Crippen LogP contribution is 2.21. The van der Waals surface area contributed by atoms with Crippen LogP contribution in [0.15, 0.2) is 36.4 Å². The Morgan fingerprint density at radius 3 is 2.38 bits per heavy atom. The van der Waals surface area contributed by atoms with Crippen LogP contribution in [-0.4, -0.2) is 17.0 Å². The van der Waals surface area contributed by atoms with E-state index in [9.17, 15) is 14.0 Å². The summed E-state index contributed by atoms with van der Waals surface area (Å²) in [7, 11) is 0. The highest BCUT2D eigenvalue weighted by Gasteiger charge is 2.12. The van der Waals surface area contributed by atoms with E-state index in [1.54, 1.807) is 0 Å². The summed E-state index contributed by atoms with van der Waals surface area (Å²) in [6.45, 7) is 0. The molecule has 4 N–H and O–H groups in total. The first-order valence-electron chi connectivity index (χ1n) is 5.77. The van der Waals surface area contributed by atoms with Crippen LogP contribution >= 0.6 is 11.6 Å². The molecule has 0 aliphatic heterocycles. The number of aromatic carboxylic acids is 1. The average Bonchev–Trinajstić information content (AvgIpc) is 2.43. The topological polar surface area (TPSA) is 92.4 Å². The molecule has 0 fully saturated rings. The number of nitrogens with one attached hydrogen (secondary N) is 1. The fourth-order valence-electron chi connectivity index (χ4n) is 1.63. The van der Waals surface area contributed by atoms with E-state index in [1.807, 2.05) is 0 Å².